The molecule has 0 saturated carbocycles. The molecule has 128 valence electrons. The number of rotatable bonds is 7. The Bertz CT molecular complexity index is 807. The second-order valence-corrected chi connectivity index (χ2v) is 7.02. The number of carbonyl (C=O) groups excluding carboxylic acids is 1. The summed E-state index contributed by atoms with van der Waals surface area (Å²) < 4.78 is 29.3. The number of sulfonamides is 1. The third kappa shape index (κ3) is 5.23. The maximum absolute atomic E-state index is 12.0. The minimum absolute atomic E-state index is 0.0497. The molecule has 0 aromatic heterocycles. The second kappa shape index (κ2) is 8.14. The standard InChI is InChI=1S/C16H17ClN2O4S/c1-2-12-6-8-14(9-7-12)23-11-16(20)18-19-24(21,22)15-5-3-4-13(17)10-15/h3-10,19H,2,11H2,1H3,(H,18,20). The molecule has 2 rings (SSSR count). The Labute approximate surface area is 145 Å². The van der Waals surface area contributed by atoms with E-state index in [0.717, 1.165) is 12.0 Å². The van der Waals surface area contributed by atoms with E-state index in [9.17, 15) is 13.2 Å². The van der Waals surface area contributed by atoms with Gasteiger partial charge >= 0.3 is 0 Å². The van der Waals surface area contributed by atoms with Crippen LogP contribution in [0.25, 0.3) is 0 Å². The molecule has 0 saturated heterocycles. The van der Waals surface area contributed by atoms with Gasteiger partial charge in [0.1, 0.15) is 5.75 Å². The van der Waals surface area contributed by atoms with Crippen molar-refractivity contribution in [3.05, 3.63) is 59.1 Å². The van der Waals surface area contributed by atoms with Gasteiger partial charge < -0.3 is 4.74 Å². The highest BCUT2D eigenvalue weighted by molar-refractivity contribution is 7.89. The van der Waals surface area contributed by atoms with Crippen LogP contribution in [0.4, 0.5) is 0 Å². The van der Waals surface area contributed by atoms with Gasteiger partial charge in [-0.1, -0.05) is 36.7 Å². The molecular formula is C16H17ClN2O4S. The summed E-state index contributed by atoms with van der Waals surface area (Å²) in [5, 5.41) is 0.281. The number of hydrogen-bond donors (Lipinski definition) is 2. The molecule has 0 radical (unpaired) electrons. The Morgan fingerprint density at radius 3 is 2.50 bits per heavy atom. The van der Waals surface area contributed by atoms with Crippen LogP contribution in [0.5, 0.6) is 5.75 Å². The van der Waals surface area contributed by atoms with E-state index in [-0.39, 0.29) is 16.5 Å². The molecule has 2 N–H and O–H groups in total. The highest BCUT2D eigenvalue weighted by Crippen LogP contribution is 2.15. The lowest BCUT2D eigenvalue weighted by Crippen LogP contribution is -2.43. The fourth-order valence-corrected chi connectivity index (χ4v) is 2.98. The number of halogens is 1. The van der Waals surface area contributed by atoms with Gasteiger partial charge in [0.25, 0.3) is 15.9 Å². The van der Waals surface area contributed by atoms with Gasteiger partial charge in [-0.25, -0.2) is 8.42 Å². The van der Waals surface area contributed by atoms with E-state index in [2.05, 4.69) is 5.43 Å². The lowest BCUT2D eigenvalue weighted by Gasteiger charge is -2.10. The van der Waals surface area contributed by atoms with Gasteiger partial charge in [0.05, 0.1) is 4.90 Å². The summed E-state index contributed by atoms with van der Waals surface area (Å²) in [6.07, 6.45) is 0.909. The van der Waals surface area contributed by atoms with Crippen LogP contribution in [0, 0.1) is 0 Å². The Balaban J connectivity index is 1.86. The van der Waals surface area contributed by atoms with E-state index in [1.165, 1.54) is 18.2 Å². The molecule has 2 aromatic rings. The highest BCUT2D eigenvalue weighted by Gasteiger charge is 2.15. The Morgan fingerprint density at radius 1 is 1.17 bits per heavy atom. The third-order valence-electron chi connectivity index (χ3n) is 3.13. The summed E-state index contributed by atoms with van der Waals surface area (Å²) in [5.74, 6) is -0.0970. The van der Waals surface area contributed by atoms with E-state index in [4.69, 9.17) is 16.3 Å². The number of hydrogen-bond acceptors (Lipinski definition) is 4. The van der Waals surface area contributed by atoms with Crippen LogP contribution in [-0.4, -0.2) is 20.9 Å². The van der Waals surface area contributed by atoms with Crippen molar-refractivity contribution in [3.63, 3.8) is 0 Å². The van der Waals surface area contributed by atoms with Gasteiger partial charge in [-0.3, -0.25) is 10.2 Å². The smallest absolute Gasteiger partial charge is 0.272 e. The highest BCUT2D eigenvalue weighted by atomic mass is 35.5. The number of carbonyl (C=O) groups is 1. The van der Waals surface area contributed by atoms with Gasteiger partial charge in [0.15, 0.2) is 6.61 Å². The largest absolute Gasteiger partial charge is 0.484 e. The predicted octanol–water partition coefficient (Wildman–Crippen LogP) is 2.29. The third-order valence-corrected chi connectivity index (χ3v) is 4.61. The van der Waals surface area contributed by atoms with E-state index in [1.807, 2.05) is 23.9 Å². The van der Waals surface area contributed by atoms with Gasteiger partial charge in [-0.05, 0) is 42.3 Å². The van der Waals surface area contributed by atoms with Gasteiger partial charge in [0, 0.05) is 5.02 Å². The number of ether oxygens (including phenoxy) is 1. The van der Waals surface area contributed by atoms with Crippen molar-refractivity contribution in [3.8, 4) is 5.75 Å². The summed E-state index contributed by atoms with van der Waals surface area (Å²) in [7, 11) is -3.89. The van der Waals surface area contributed by atoms with Crippen molar-refractivity contribution in [2.75, 3.05) is 6.61 Å². The van der Waals surface area contributed by atoms with Crippen LogP contribution in [0.1, 0.15) is 12.5 Å². The van der Waals surface area contributed by atoms with E-state index in [1.54, 1.807) is 18.2 Å². The van der Waals surface area contributed by atoms with Crippen LogP contribution >= 0.6 is 11.6 Å². The van der Waals surface area contributed by atoms with Crippen LogP contribution < -0.4 is 15.0 Å². The average molecular weight is 369 g/mol. The fraction of sp³-hybridized carbons (Fsp3) is 0.188. The summed E-state index contributed by atoms with van der Waals surface area (Å²) in [6, 6.07) is 13.0. The van der Waals surface area contributed by atoms with Crippen molar-refractivity contribution in [1.82, 2.24) is 10.3 Å². The minimum Gasteiger partial charge on any atom is -0.484 e. The van der Waals surface area contributed by atoms with Crippen LogP contribution in [0.3, 0.4) is 0 Å². The summed E-state index contributed by atoms with van der Waals surface area (Å²) in [5.41, 5.74) is 3.24. The molecule has 0 bridgehead atoms. The van der Waals surface area contributed by atoms with Crippen molar-refractivity contribution in [2.24, 2.45) is 0 Å². The molecule has 0 aliphatic rings. The van der Waals surface area contributed by atoms with E-state index >= 15 is 0 Å². The van der Waals surface area contributed by atoms with Crippen molar-refractivity contribution in [2.45, 2.75) is 18.2 Å². The first kappa shape index (κ1) is 18.3. The normalized spacial score (nSPS) is 11.1. The van der Waals surface area contributed by atoms with E-state index < -0.39 is 15.9 Å². The first-order valence-electron chi connectivity index (χ1n) is 7.18. The molecule has 2 aromatic carbocycles. The monoisotopic (exact) mass is 368 g/mol. The average Bonchev–Trinajstić information content (AvgIpc) is 2.58. The molecule has 0 unspecified atom stereocenters. The molecular weight excluding hydrogens is 352 g/mol. The van der Waals surface area contributed by atoms with Crippen LogP contribution in [-0.2, 0) is 21.2 Å². The minimum atomic E-state index is -3.89. The first-order chi connectivity index (χ1) is 11.4. The second-order valence-electron chi connectivity index (χ2n) is 4.90. The summed E-state index contributed by atoms with van der Waals surface area (Å²) >= 11 is 5.75. The van der Waals surface area contributed by atoms with Crippen molar-refractivity contribution < 1.29 is 17.9 Å². The number of amides is 1. The zero-order valence-corrected chi connectivity index (χ0v) is 14.5. The summed E-state index contributed by atoms with van der Waals surface area (Å²) in [6.45, 7) is 1.72. The molecule has 6 nitrogen and oxygen atoms in total. The van der Waals surface area contributed by atoms with Crippen LogP contribution in [0.15, 0.2) is 53.4 Å². The summed E-state index contributed by atoms with van der Waals surface area (Å²) in [4.78, 5) is 13.6. The molecule has 24 heavy (non-hydrogen) atoms. The quantitative estimate of drug-likeness (QED) is 0.734. The zero-order chi connectivity index (χ0) is 17.6. The zero-order valence-electron chi connectivity index (χ0n) is 13.0. The topological polar surface area (TPSA) is 84.5 Å². The SMILES string of the molecule is CCc1ccc(OCC(=O)NNS(=O)(=O)c2cccc(Cl)c2)cc1. The Hall–Kier alpha value is -2.09. The molecule has 0 spiro atoms. The maximum Gasteiger partial charge on any atom is 0.272 e. The molecule has 0 atom stereocenters. The Morgan fingerprint density at radius 2 is 1.88 bits per heavy atom. The number of aryl methyl sites for hydroxylation is 1. The van der Waals surface area contributed by atoms with Gasteiger partial charge in [0.2, 0.25) is 0 Å². The van der Waals surface area contributed by atoms with Gasteiger partial charge in [-0.15, -0.1) is 4.83 Å². The van der Waals surface area contributed by atoms with E-state index in [0.29, 0.717) is 5.75 Å². The van der Waals surface area contributed by atoms with Crippen molar-refractivity contribution >= 4 is 27.5 Å². The predicted molar refractivity (Wildman–Crippen MR) is 91.2 cm³/mol. The van der Waals surface area contributed by atoms with Crippen LogP contribution in [0.2, 0.25) is 5.02 Å². The first-order valence-corrected chi connectivity index (χ1v) is 9.05. The Kier molecular flexibility index (Phi) is 6.19. The molecule has 8 heteroatoms. The molecule has 0 fully saturated rings. The number of hydrazine groups is 1. The maximum atomic E-state index is 12.0. The fourth-order valence-electron chi connectivity index (χ4n) is 1.82. The molecule has 1 amide bonds. The molecule has 0 aliphatic heterocycles. The lowest BCUT2D eigenvalue weighted by atomic mass is 10.2. The number of nitrogens with one attached hydrogen (secondary N) is 2. The molecule has 0 aliphatic carbocycles. The van der Waals surface area contributed by atoms with Gasteiger partial charge in [-0.2, -0.15) is 0 Å². The lowest BCUT2D eigenvalue weighted by molar-refractivity contribution is -0.123. The molecule has 0 heterocycles. The number of benzene rings is 2. The van der Waals surface area contributed by atoms with Crippen molar-refractivity contribution in [1.29, 1.82) is 0 Å².